The van der Waals surface area contributed by atoms with E-state index in [1.54, 1.807) is 12.2 Å². The van der Waals surface area contributed by atoms with E-state index in [1.807, 2.05) is 0 Å². The molecule has 1 N–H and O–H groups in total. The smallest absolute Gasteiger partial charge is 0.331 e. The normalized spacial score (nSPS) is 26.7. The molecule has 1 aliphatic heterocycles. The number of carbonyl (C=O) groups excluding carboxylic acids is 2. The zero-order chi connectivity index (χ0) is 18.4. The Bertz CT molecular complexity index is 828. The summed E-state index contributed by atoms with van der Waals surface area (Å²) in [6, 6.07) is 4.69. The van der Waals surface area contributed by atoms with Gasteiger partial charge in [0, 0.05) is 30.0 Å². The quantitative estimate of drug-likeness (QED) is 0.377. The van der Waals surface area contributed by atoms with Crippen LogP contribution in [0.2, 0.25) is 0 Å². The van der Waals surface area contributed by atoms with E-state index in [-0.39, 0.29) is 17.7 Å². The molecule has 1 heterocycles. The minimum Gasteiger partial charge on any atom is -0.479 e. The Morgan fingerprint density at radius 1 is 1.32 bits per heavy atom. The predicted octanol–water partition coefficient (Wildman–Crippen LogP) is 1.78. The van der Waals surface area contributed by atoms with Gasteiger partial charge in [-0.25, -0.2) is 4.79 Å². The third-order valence-electron chi connectivity index (χ3n) is 4.72. The van der Waals surface area contributed by atoms with Crippen molar-refractivity contribution >= 4 is 23.5 Å². The van der Waals surface area contributed by atoms with Gasteiger partial charge in [-0.05, 0) is 12.1 Å². The molecule has 3 rings (SSSR count). The first-order chi connectivity index (χ1) is 11.8. The molecule has 2 aliphatic rings. The van der Waals surface area contributed by atoms with Crippen molar-refractivity contribution in [3.05, 3.63) is 64.8 Å². The van der Waals surface area contributed by atoms with Gasteiger partial charge < -0.3 is 5.11 Å². The Morgan fingerprint density at radius 2 is 1.96 bits per heavy atom. The molecule has 0 bridgehead atoms. The first-order valence-corrected chi connectivity index (χ1v) is 7.50. The topological polar surface area (TPSA) is 118 Å². The molecule has 8 heteroatoms. The fourth-order valence-corrected chi connectivity index (χ4v) is 3.43. The summed E-state index contributed by atoms with van der Waals surface area (Å²) in [7, 11) is 0. The summed E-state index contributed by atoms with van der Waals surface area (Å²) in [6.45, 7) is 3.55. The van der Waals surface area contributed by atoms with Crippen LogP contribution < -0.4 is 0 Å². The number of hydrogen-bond acceptors (Lipinski definition) is 5. The van der Waals surface area contributed by atoms with Gasteiger partial charge in [-0.1, -0.05) is 18.2 Å². The van der Waals surface area contributed by atoms with Gasteiger partial charge >= 0.3 is 5.97 Å². The molecule has 0 spiro atoms. The van der Waals surface area contributed by atoms with Crippen LogP contribution in [0, 0.1) is 22.0 Å². The number of carboxylic acid groups (broad SMARTS) is 1. The number of hydrogen-bond donors (Lipinski definition) is 1. The van der Waals surface area contributed by atoms with Crippen LogP contribution in [0.4, 0.5) is 5.69 Å². The lowest BCUT2D eigenvalue weighted by Crippen LogP contribution is -2.57. The number of nitro benzene ring substituents is 1. The van der Waals surface area contributed by atoms with Gasteiger partial charge in [0.2, 0.25) is 5.91 Å². The largest absolute Gasteiger partial charge is 0.479 e. The molecule has 0 unspecified atom stereocenters. The molecule has 1 aliphatic carbocycles. The van der Waals surface area contributed by atoms with E-state index in [0.717, 1.165) is 17.0 Å². The lowest BCUT2D eigenvalue weighted by Gasteiger charge is -2.37. The Labute approximate surface area is 142 Å². The van der Waals surface area contributed by atoms with Crippen molar-refractivity contribution in [3.8, 4) is 0 Å². The second-order valence-electron chi connectivity index (χ2n) is 5.94. The second-order valence-corrected chi connectivity index (χ2v) is 5.94. The third kappa shape index (κ3) is 2.18. The number of imide groups is 1. The molecule has 3 atom stereocenters. The van der Waals surface area contributed by atoms with E-state index >= 15 is 0 Å². The Morgan fingerprint density at radius 3 is 2.40 bits per heavy atom. The fraction of sp³-hybridized carbons (Fsp3) is 0.235. The number of aliphatic carboxylic acids is 1. The number of rotatable bonds is 5. The van der Waals surface area contributed by atoms with E-state index in [2.05, 4.69) is 6.58 Å². The minimum absolute atomic E-state index is 0.00920. The molecule has 0 saturated carbocycles. The maximum Gasteiger partial charge on any atom is 0.331 e. The van der Waals surface area contributed by atoms with Gasteiger partial charge in [0.05, 0.1) is 10.8 Å². The molecule has 0 aromatic heterocycles. The van der Waals surface area contributed by atoms with Crippen LogP contribution in [-0.4, -0.2) is 38.3 Å². The minimum atomic E-state index is -1.73. The van der Waals surface area contributed by atoms with Crippen LogP contribution in [0.15, 0.2) is 49.1 Å². The number of carboxylic acids is 1. The third-order valence-corrected chi connectivity index (χ3v) is 4.72. The molecular formula is C17H14N2O6. The molecule has 25 heavy (non-hydrogen) atoms. The molecule has 0 radical (unpaired) electrons. The lowest BCUT2D eigenvalue weighted by atomic mass is 9.71. The number of benzene rings is 1. The van der Waals surface area contributed by atoms with Crippen molar-refractivity contribution in [3.63, 3.8) is 0 Å². The number of likely N-dealkylation sites (tertiary alicyclic amines) is 1. The Hall–Kier alpha value is -3.29. The van der Waals surface area contributed by atoms with E-state index in [4.69, 9.17) is 0 Å². The summed E-state index contributed by atoms with van der Waals surface area (Å²) in [5.41, 5.74) is -1.92. The fourth-order valence-electron chi connectivity index (χ4n) is 3.43. The highest BCUT2D eigenvalue weighted by Gasteiger charge is 2.65. The van der Waals surface area contributed by atoms with Gasteiger partial charge in [0.25, 0.3) is 11.6 Å². The van der Waals surface area contributed by atoms with Crippen molar-refractivity contribution in [2.45, 2.75) is 12.0 Å². The van der Waals surface area contributed by atoms with Crippen molar-refractivity contribution in [1.29, 1.82) is 0 Å². The summed E-state index contributed by atoms with van der Waals surface area (Å²) >= 11 is 0. The van der Waals surface area contributed by atoms with Crippen LogP contribution in [-0.2, 0) is 9.59 Å². The SMILES string of the molecule is C=CC[C@@]1(C(=O)O)[C@@H]2C=C[C@@H]2C(=O)N1C(=O)c1ccc([N+](=O)[O-])cc1. The molecule has 2 amide bonds. The van der Waals surface area contributed by atoms with Crippen LogP contribution in [0.5, 0.6) is 0 Å². The highest BCUT2D eigenvalue weighted by Crippen LogP contribution is 2.49. The van der Waals surface area contributed by atoms with Crippen molar-refractivity contribution in [1.82, 2.24) is 4.90 Å². The average Bonchev–Trinajstić information content (AvgIpc) is 2.69. The van der Waals surface area contributed by atoms with E-state index in [1.165, 1.54) is 18.2 Å². The summed E-state index contributed by atoms with van der Waals surface area (Å²) in [4.78, 5) is 48.4. The Balaban J connectivity index is 2.05. The summed E-state index contributed by atoms with van der Waals surface area (Å²) in [5, 5.41) is 20.5. The summed E-state index contributed by atoms with van der Waals surface area (Å²) in [6.07, 6.45) is 4.48. The molecule has 1 aromatic carbocycles. The van der Waals surface area contributed by atoms with Gasteiger partial charge in [-0.15, -0.1) is 6.58 Å². The van der Waals surface area contributed by atoms with E-state index in [0.29, 0.717) is 0 Å². The Kier molecular flexibility index (Phi) is 3.75. The van der Waals surface area contributed by atoms with Crippen LogP contribution >= 0.6 is 0 Å². The first-order valence-electron chi connectivity index (χ1n) is 7.50. The van der Waals surface area contributed by atoms with Gasteiger partial charge in [-0.2, -0.15) is 0 Å². The van der Waals surface area contributed by atoms with Gasteiger partial charge in [0.15, 0.2) is 5.54 Å². The van der Waals surface area contributed by atoms with Crippen molar-refractivity contribution in [2.75, 3.05) is 0 Å². The molecule has 128 valence electrons. The van der Waals surface area contributed by atoms with E-state index in [9.17, 15) is 29.6 Å². The maximum absolute atomic E-state index is 12.9. The lowest BCUT2D eigenvalue weighted by molar-refractivity contribution is -0.384. The zero-order valence-corrected chi connectivity index (χ0v) is 13.0. The number of nitro groups is 1. The first kappa shape index (κ1) is 16.6. The second kappa shape index (κ2) is 5.66. The summed E-state index contributed by atoms with van der Waals surface area (Å²) in [5.74, 6) is -3.93. The van der Waals surface area contributed by atoms with Gasteiger partial charge in [-0.3, -0.25) is 24.6 Å². The number of amides is 2. The number of non-ortho nitro benzene ring substituents is 1. The van der Waals surface area contributed by atoms with Gasteiger partial charge in [0.1, 0.15) is 0 Å². The highest BCUT2D eigenvalue weighted by atomic mass is 16.6. The predicted molar refractivity (Wildman–Crippen MR) is 85.6 cm³/mol. The highest BCUT2D eigenvalue weighted by molar-refractivity contribution is 6.12. The van der Waals surface area contributed by atoms with Crippen LogP contribution in [0.25, 0.3) is 0 Å². The maximum atomic E-state index is 12.9. The average molecular weight is 342 g/mol. The summed E-state index contributed by atoms with van der Waals surface area (Å²) < 4.78 is 0. The van der Waals surface area contributed by atoms with Crippen LogP contribution in [0.1, 0.15) is 16.8 Å². The van der Waals surface area contributed by atoms with Crippen LogP contribution in [0.3, 0.4) is 0 Å². The molecular weight excluding hydrogens is 328 g/mol. The van der Waals surface area contributed by atoms with Crippen molar-refractivity contribution in [2.24, 2.45) is 11.8 Å². The molecule has 1 fully saturated rings. The standard InChI is InChI=1S/C17H14N2O6/c1-2-9-17(16(22)23)13-8-7-12(13)15(21)18(17)14(20)10-3-5-11(6-4-10)19(24)25/h2-8,12-13H,1,9H2,(H,22,23)/t12-,13+,17-/m0/s1. The van der Waals surface area contributed by atoms with Crippen molar-refractivity contribution < 1.29 is 24.4 Å². The van der Waals surface area contributed by atoms with E-state index < -0.39 is 40.1 Å². The molecule has 1 saturated heterocycles. The number of fused-ring (bicyclic) bond motifs is 1. The monoisotopic (exact) mass is 342 g/mol. The number of carbonyl (C=O) groups is 3. The zero-order valence-electron chi connectivity index (χ0n) is 13.0. The molecule has 1 aromatic rings. The molecule has 8 nitrogen and oxygen atoms in total. The number of nitrogens with zero attached hydrogens (tertiary/aromatic N) is 2.